The highest BCUT2D eigenvalue weighted by Gasteiger charge is 2.04. The molecule has 2 aromatic heterocycles. The first-order valence-corrected chi connectivity index (χ1v) is 5.02. The number of hydrogen-bond donors (Lipinski definition) is 1. The third kappa shape index (κ3) is 2.67. The van der Waals surface area contributed by atoms with Crippen LogP contribution < -0.4 is 5.32 Å². The van der Waals surface area contributed by atoms with Crippen LogP contribution in [-0.2, 0) is 6.54 Å². The van der Waals surface area contributed by atoms with E-state index in [0.717, 1.165) is 12.3 Å². The standard InChI is InChI=1S/C12H14N2O/c1-10(11-4-6-13-7-5-11)14-9-12-3-2-8-15-12/h2-8,10,14H,9H2,1H3/t10-/m0/s1. The van der Waals surface area contributed by atoms with E-state index in [4.69, 9.17) is 4.42 Å². The van der Waals surface area contributed by atoms with E-state index in [-0.39, 0.29) is 0 Å². The lowest BCUT2D eigenvalue weighted by atomic mass is 10.1. The lowest BCUT2D eigenvalue weighted by Gasteiger charge is -2.12. The average Bonchev–Trinajstić information content (AvgIpc) is 2.80. The van der Waals surface area contributed by atoms with Crippen molar-refractivity contribution in [3.05, 3.63) is 54.2 Å². The summed E-state index contributed by atoms with van der Waals surface area (Å²) >= 11 is 0. The Kier molecular flexibility index (Phi) is 3.15. The second kappa shape index (κ2) is 4.75. The van der Waals surface area contributed by atoms with Gasteiger partial charge in [-0.2, -0.15) is 0 Å². The molecule has 0 radical (unpaired) electrons. The van der Waals surface area contributed by atoms with Crippen molar-refractivity contribution in [1.82, 2.24) is 10.3 Å². The normalized spacial score (nSPS) is 12.6. The molecule has 2 heterocycles. The summed E-state index contributed by atoms with van der Waals surface area (Å²) in [5.41, 5.74) is 1.23. The Bertz CT molecular complexity index is 383. The molecule has 0 spiro atoms. The summed E-state index contributed by atoms with van der Waals surface area (Å²) < 4.78 is 5.24. The predicted molar refractivity (Wildman–Crippen MR) is 58.2 cm³/mol. The predicted octanol–water partition coefficient (Wildman–Crippen LogP) is 2.53. The molecule has 0 bridgehead atoms. The molecular formula is C12H14N2O. The molecule has 3 nitrogen and oxygen atoms in total. The van der Waals surface area contributed by atoms with Crippen molar-refractivity contribution in [3.8, 4) is 0 Å². The van der Waals surface area contributed by atoms with Crippen LogP contribution >= 0.6 is 0 Å². The molecule has 0 amide bonds. The smallest absolute Gasteiger partial charge is 0.117 e. The zero-order valence-corrected chi connectivity index (χ0v) is 8.68. The first kappa shape index (κ1) is 9.93. The first-order valence-electron chi connectivity index (χ1n) is 5.02. The van der Waals surface area contributed by atoms with Gasteiger partial charge in [0.2, 0.25) is 0 Å². The van der Waals surface area contributed by atoms with Crippen LogP contribution in [0.4, 0.5) is 0 Å². The third-order valence-electron chi connectivity index (χ3n) is 2.37. The third-order valence-corrected chi connectivity index (χ3v) is 2.37. The summed E-state index contributed by atoms with van der Waals surface area (Å²) in [6.07, 6.45) is 5.30. The van der Waals surface area contributed by atoms with Crippen LogP contribution in [0.2, 0.25) is 0 Å². The van der Waals surface area contributed by atoms with E-state index in [1.54, 1.807) is 18.7 Å². The summed E-state index contributed by atoms with van der Waals surface area (Å²) in [7, 11) is 0. The highest BCUT2D eigenvalue weighted by atomic mass is 16.3. The Labute approximate surface area is 89.1 Å². The fraction of sp³-hybridized carbons (Fsp3) is 0.250. The quantitative estimate of drug-likeness (QED) is 0.827. The van der Waals surface area contributed by atoms with E-state index < -0.39 is 0 Å². The van der Waals surface area contributed by atoms with Crippen molar-refractivity contribution >= 4 is 0 Å². The molecular weight excluding hydrogens is 188 g/mol. The van der Waals surface area contributed by atoms with E-state index >= 15 is 0 Å². The van der Waals surface area contributed by atoms with E-state index in [9.17, 15) is 0 Å². The summed E-state index contributed by atoms with van der Waals surface area (Å²) in [4.78, 5) is 3.99. The lowest BCUT2D eigenvalue weighted by Crippen LogP contribution is -2.17. The second-order valence-corrected chi connectivity index (χ2v) is 3.46. The van der Waals surface area contributed by atoms with Gasteiger partial charge in [0.1, 0.15) is 5.76 Å². The van der Waals surface area contributed by atoms with Crippen molar-refractivity contribution in [2.24, 2.45) is 0 Å². The molecule has 0 aliphatic heterocycles. The Morgan fingerprint density at radius 3 is 2.80 bits per heavy atom. The number of nitrogens with one attached hydrogen (secondary N) is 1. The molecule has 0 unspecified atom stereocenters. The molecule has 78 valence electrons. The second-order valence-electron chi connectivity index (χ2n) is 3.46. The number of rotatable bonds is 4. The van der Waals surface area contributed by atoms with Gasteiger partial charge < -0.3 is 9.73 Å². The highest BCUT2D eigenvalue weighted by molar-refractivity contribution is 5.14. The number of pyridine rings is 1. The molecule has 0 aromatic carbocycles. The first-order chi connectivity index (χ1) is 7.36. The number of furan rings is 1. The molecule has 0 saturated carbocycles. The van der Waals surface area contributed by atoms with Gasteiger partial charge in [-0.1, -0.05) is 0 Å². The molecule has 2 rings (SSSR count). The maximum absolute atomic E-state index is 5.24. The summed E-state index contributed by atoms with van der Waals surface area (Å²) in [5.74, 6) is 0.955. The number of hydrogen-bond acceptors (Lipinski definition) is 3. The van der Waals surface area contributed by atoms with Crippen LogP contribution in [0.25, 0.3) is 0 Å². The van der Waals surface area contributed by atoms with Gasteiger partial charge >= 0.3 is 0 Å². The minimum Gasteiger partial charge on any atom is -0.468 e. The molecule has 3 heteroatoms. The summed E-state index contributed by atoms with van der Waals surface area (Å²) in [6.45, 7) is 2.87. The van der Waals surface area contributed by atoms with Gasteiger partial charge in [-0.05, 0) is 36.8 Å². The fourth-order valence-corrected chi connectivity index (χ4v) is 1.44. The average molecular weight is 202 g/mol. The van der Waals surface area contributed by atoms with Gasteiger partial charge in [0.15, 0.2) is 0 Å². The summed E-state index contributed by atoms with van der Waals surface area (Å²) in [5, 5.41) is 3.38. The molecule has 0 aliphatic carbocycles. The number of aromatic nitrogens is 1. The Balaban J connectivity index is 1.90. The van der Waals surface area contributed by atoms with Gasteiger partial charge in [-0.3, -0.25) is 4.98 Å². The maximum atomic E-state index is 5.24. The fourth-order valence-electron chi connectivity index (χ4n) is 1.44. The van der Waals surface area contributed by atoms with Gasteiger partial charge in [0, 0.05) is 18.4 Å². The molecule has 2 aromatic rings. The van der Waals surface area contributed by atoms with Gasteiger partial charge in [0.05, 0.1) is 12.8 Å². The summed E-state index contributed by atoms with van der Waals surface area (Å²) in [6, 6.07) is 8.19. The zero-order valence-electron chi connectivity index (χ0n) is 8.68. The Morgan fingerprint density at radius 2 is 2.13 bits per heavy atom. The largest absolute Gasteiger partial charge is 0.468 e. The van der Waals surface area contributed by atoms with E-state index in [2.05, 4.69) is 17.2 Å². The SMILES string of the molecule is C[C@H](NCc1ccco1)c1ccncc1. The highest BCUT2D eigenvalue weighted by Crippen LogP contribution is 2.11. The minimum absolute atomic E-state index is 0.304. The molecule has 0 fully saturated rings. The molecule has 1 atom stereocenters. The monoisotopic (exact) mass is 202 g/mol. The Morgan fingerprint density at radius 1 is 1.33 bits per heavy atom. The van der Waals surface area contributed by atoms with E-state index in [1.165, 1.54) is 5.56 Å². The van der Waals surface area contributed by atoms with Crippen LogP contribution in [0.15, 0.2) is 47.3 Å². The van der Waals surface area contributed by atoms with Gasteiger partial charge in [-0.25, -0.2) is 0 Å². The maximum Gasteiger partial charge on any atom is 0.117 e. The van der Waals surface area contributed by atoms with Gasteiger partial charge in [0.25, 0.3) is 0 Å². The van der Waals surface area contributed by atoms with Crippen LogP contribution in [0, 0.1) is 0 Å². The van der Waals surface area contributed by atoms with Crippen LogP contribution in [0.5, 0.6) is 0 Å². The van der Waals surface area contributed by atoms with E-state index in [1.807, 2.05) is 24.3 Å². The lowest BCUT2D eigenvalue weighted by molar-refractivity contribution is 0.460. The van der Waals surface area contributed by atoms with Crippen molar-refractivity contribution in [2.75, 3.05) is 0 Å². The molecule has 1 N–H and O–H groups in total. The van der Waals surface area contributed by atoms with E-state index in [0.29, 0.717) is 6.04 Å². The van der Waals surface area contributed by atoms with Crippen molar-refractivity contribution < 1.29 is 4.42 Å². The van der Waals surface area contributed by atoms with Crippen LogP contribution in [0.3, 0.4) is 0 Å². The van der Waals surface area contributed by atoms with Gasteiger partial charge in [-0.15, -0.1) is 0 Å². The van der Waals surface area contributed by atoms with Crippen molar-refractivity contribution in [3.63, 3.8) is 0 Å². The van der Waals surface area contributed by atoms with Crippen molar-refractivity contribution in [1.29, 1.82) is 0 Å². The Hall–Kier alpha value is -1.61. The van der Waals surface area contributed by atoms with Crippen molar-refractivity contribution in [2.45, 2.75) is 19.5 Å². The minimum atomic E-state index is 0.304. The van der Waals surface area contributed by atoms with Crippen LogP contribution in [0.1, 0.15) is 24.3 Å². The molecule has 0 aliphatic rings. The molecule has 0 saturated heterocycles. The number of nitrogens with zero attached hydrogens (tertiary/aromatic N) is 1. The topological polar surface area (TPSA) is 38.1 Å². The molecule has 15 heavy (non-hydrogen) atoms. The van der Waals surface area contributed by atoms with Crippen LogP contribution in [-0.4, -0.2) is 4.98 Å². The zero-order chi connectivity index (χ0) is 10.5.